The van der Waals surface area contributed by atoms with Crippen LogP contribution in [0.5, 0.6) is 0 Å². The lowest BCUT2D eigenvalue weighted by Gasteiger charge is -2.18. The van der Waals surface area contributed by atoms with Gasteiger partial charge in [-0.1, -0.05) is 0 Å². The van der Waals surface area contributed by atoms with E-state index in [2.05, 4.69) is 5.32 Å². The van der Waals surface area contributed by atoms with Crippen molar-refractivity contribution in [2.24, 2.45) is 0 Å². The normalized spacial score (nSPS) is 12.1. The Labute approximate surface area is 121 Å². The zero-order valence-electron chi connectivity index (χ0n) is 12.1. The molecule has 0 atom stereocenters. The first-order valence-electron chi connectivity index (χ1n) is 6.58. The number of nitrogens with one attached hydrogen (secondary N) is 1. The van der Waals surface area contributed by atoms with E-state index < -0.39 is 17.6 Å². The van der Waals surface area contributed by atoms with Gasteiger partial charge in [0.05, 0.1) is 12.2 Å². The lowest BCUT2D eigenvalue weighted by molar-refractivity contribution is -0.137. The summed E-state index contributed by atoms with van der Waals surface area (Å²) in [5.74, 6) is -0.623. The van der Waals surface area contributed by atoms with Crippen molar-refractivity contribution in [3.63, 3.8) is 0 Å². The monoisotopic (exact) mass is 308 g/mol. The zero-order chi connectivity index (χ0) is 15.9. The topological polar surface area (TPSA) is 24.5 Å². The Morgan fingerprint density at radius 3 is 2.57 bits per heavy atom. The van der Waals surface area contributed by atoms with Crippen LogP contribution in [0.2, 0.25) is 0 Å². The molecule has 0 saturated carbocycles. The number of halogens is 4. The van der Waals surface area contributed by atoms with Crippen molar-refractivity contribution in [2.45, 2.75) is 12.7 Å². The predicted molar refractivity (Wildman–Crippen MR) is 72.5 cm³/mol. The van der Waals surface area contributed by atoms with E-state index in [0.717, 1.165) is 18.2 Å². The predicted octanol–water partition coefficient (Wildman–Crippen LogP) is 2.51. The fourth-order valence-corrected chi connectivity index (χ4v) is 1.81. The second kappa shape index (κ2) is 8.31. The van der Waals surface area contributed by atoms with E-state index in [1.165, 1.54) is 0 Å². The molecular formula is C14H20F4N2O. The molecule has 3 nitrogen and oxygen atoms in total. The largest absolute Gasteiger partial charge is 0.416 e. The first-order chi connectivity index (χ1) is 9.84. The molecule has 1 aromatic carbocycles. The van der Waals surface area contributed by atoms with Crippen molar-refractivity contribution in [3.05, 3.63) is 35.1 Å². The molecule has 0 spiro atoms. The molecule has 0 heterocycles. The van der Waals surface area contributed by atoms with Crippen LogP contribution in [-0.4, -0.2) is 45.3 Å². The van der Waals surface area contributed by atoms with Gasteiger partial charge in [0.2, 0.25) is 0 Å². The summed E-state index contributed by atoms with van der Waals surface area (Å²) in [4.78, 5) is 1.76. The van der Waals surface area contributed by atoms with E-state index in [4.69, 9.17) is 4.74 Å². The molecule has 0 aliphatic heterocycles. The highest BCUT2D eigenvalue weighted by atomic mass is 19.4. The summed E-state index contributed by atoms with van der Waals surface area (Å²) in [5.41, 5.74) is -0.783. The van der Waals surface area contributed by atoms with Crippen molar-refractivity contribution in [2.75, 3.05) is 40.4 Å². The highest BCUT2D eigenvalue weighted by Crippen LogP contribution is 2.30. The van der Waals surface area contributed by atoms with Crippen molar-refractivity contribution in [1.82, 2.24) is 10.2 Å². The van der Waals surface area contributed by atoms with Gasteiger partial charge in [0.25, 0.3) is 0 Å². The molecule has 1 N–H and O–H groups in total. The Morgan fingerprint density at radius 1 is 1.24 bits per heavy atom. The van der Waals surface area contributed by atoms with E-state index in [1.807, 2.05) is 0 Å². The highest BCUT2D eigenvalue weighted by molar-refractivity contribution is 5.27. The Balaban J connectivity index is 2.53. The second-order valence-corrected chi connectivity index (χ2v) is 4.78. The van der Waals surface area contributed by atoms with Gasteiger partial charge >= 0.3 is 6.18 Å². The molecule has 0 bridgehead atoms. The molecule has 0 saturated heterocycles. The van der Waals surface area contributed by atoms with Crippen LogP contribution in [0.4, 0.5) is 17.6 Å². The molecule has 1 aromatic rings. The Morgan fingerprint density at radius 2 is 1.95 bits per heavy atom. The lowest BCUT2D eigenvalue weighted by Crippen LogP contribution is -2.31. The number of alkyl halides is 3. The first-order valence-corrected chi connectivity index (χ1v) is 6.58. The van der Waals surface area contributed by atoms with Gasteiger partial charge in [-0.05, 0) is 25.2 Å². The SMILES string of the molecule is COCCNCCN(C)Cc1cc(C(F)(F)F)ccc1F. The minimum absolute atomic E-state index is 0.0456. The number of rotatable bonds is 8. The van der Waals surface area contributed by atoms with Gasteiger partial charge < -0.3 is 15.0 Å². The molecule has 0 unspecified atom stereocenters. The first kappa shape index (κ1) is 17.9. The number of ether oxygens (including phenoxy) is 1. The van der Waals surface area contributed by atoms with Gasteiger partial charge in [-0.2, -0.15) is 13.2 Å². The van der Waals surface area contributed by atoms with Crippen LogP contribution >= 0.6 is 0 Å². The number of methoxy groups -OCH3 is 1. The summed E-state index contributed by atoms with van der Waals surface area (Å²) >= 11 is 0. The summed E-state index contributed by atoms with van der Waals surface area (Å²) in [6.45, 7) is 2.66. The van der Waals surface area contributed by atoms with Crippen molar-refractivity contribution in [1.29, 1.82) is 0 Å². The summed E-state index contributed by atoms with van der Waals surface area (Å²) in [7, 11) is 3.34. The minimum atomic E-state index is -4.46. The maximum Gasteiger partial charge on any atom is 0.416 e. The molecule has 21 heavy (non-hydrogen) atoms. The van der Waals surface area contributed by atoms with Crippen LogP contribution in [0.3, 0.4) is 0 Å². The van der Waals surface area contributed by atoms with E-state index in [0.29, 0.717) is 26.2 Å². The van der Waals surface area contributed by atoms with Crippen molar-refractivity contribution < 1.29 is 22.3 Å². The molecule has 0 aromatic heterocycles. The minimum Gasteiger partial charge on any atom is -0.383 e. The second-order valence-electron chi connectivity index (χ2n) is 4.78. The molecule has 1 rings (SSSR count). The van der Waals surface area contributed by atoms with Gasteiger partial charge in [-0.25, -0.2) is 4.39 Å². The smallest absolute Gasteiger partial charge is 0.383 e. The fraction of sp³-hybridized carbons (Fsp3) is 0.571. The van der Waals surface area contributed by atoms with Crippen molar-refractivity contribution in [3.8, 4) is 0 Å². The standard InChI is InChI=1S/C14H20F4N2O/c1-20(7-5-19-6-8-21-2)10-11-9-12(14(16,17)18)3-4-13(11)15/h3-4,9,19H,5-8,10H2,1-2H3. The maximum absolute atomic E-state index is 13.6. The van der Waals surface area contributed by atoms with Gasteiger partial charge in [-0.3, -0.25) is 0 Å². The highest BCUT2D eigenvalue weighted by Gasteiger charge is 2.31. The van der Waals surface area contributed by atoms with E-state index >= 15 is 0 Å². The van der Waals surface area contributed by atoms with Gasteiger partial charge in [0.1, 0.15) is 5.82 Å². The van der Waals surface area contributed by atoms with Crippen LogP contribution in [0.25, 0.3) is 0 Å². The molecule has 0 fully saturated rings. The van der Waals surface area contributed by atoms with Gasteiger partial charge in [0, 0.05) is 38.9 Å². The molecule has 0 amide bonds. The number of benzene rings is 1. The van der Waals surface area contributed by atoms with Gasteiger partial charge in [0.15, 0.2) is 0 Å². The molecular weight excluding hydrogens is 288 g/mol. The van der Waals surface area contributed by atoms with E-state index in [-0.39, 0.29) is 12.1 Å². The molecule has 120 valence electrons. The summed E-state index contributed by atoms with van der Waals surface area (Å²) in [6, 6.07) is 2.48. The average molecular weight is 308 g/mol. The Kier molecular flexibility index (Phi) is 7.07. The van der Waals surface area contributed by atoms with Crippen LogP contribution < -0.4 is 5.32 Å². The third kappa shape index (κ3) is 6.41. The molecule has 0 aliphatic rings. The number of nitrogens with zero attached hydrogens (tertiary/aromatic N) is 1. The average Bonchev–Trinajstić information content (AvgIpc) is 2.40. The maximum atomic E-state index is 13.6. The number of likely N-dealkylation sites (N-methyl/N-ethyl adjacent to an activating group) is 1. The van der Waals surface area contributed by atoms with E-state index in [9.17, 15) is 17.6 Å². The number of hydrogen-bond acceptors (Lipinski definition) is 3. The molecule has 7 heteroatoms. The van der Waals surface area contributed by atoms with Crippen LogP contribution in [-0.2, 0) is 17.5 Å². The van der Waals surface area contributed by atoms with E-state index in [1.54, 1.807) is 19.1 Å². The van der Waals surface area contributed by atoms with Gasteiger partial charge in [-0.15, -0.1) is 0 Å². The third-order valence-electron chi connectivity index (χ3n) is 2.97. The van der Waals surface area contributed by atoms with Crippen LogP contribution in [0, 0.1) is 5.82 Å². The van der Waals surface area contributed by atoms with Crippen LogP contribution in [0.1, 0.15) is 11.1 Å². The fourth-order valence-electron chi connectivity index (χ4n) is 1.81. The quantitative estimate of drug-likeness (QED) is 0.590. The Hall–Kier alpha value is -1.18. The lowest BCUT2D eigenvalue weighted by atomic mass is 10.1. The van der Waals surface area contributed by atoms with Crippen LogP contribution in [0.15, 0.2) is 18.2 Å². The Bertz CT molecular complexity index is 437. The van der Waals surface area contributed by atoms with Crippen molar-refractivity contribution >= 4 is 0 Å². The zero-order valence-corrected chi connectivity index (χ0v) is 12.1. The summed E-state index contributed by atoms with van der Waals surface area (Å²) in [6.07, 6.45) is -4.46. The number of hydrogen-bond donors (Lipinski definition) is 1. The summed E-state index contributed by atoms with van der Waals surface area (Å²) in [5, 5.41) is 3.11. The molecule has 0 radical (unpaired) electrons. The molecule has 0 aliphatic carbocycles. The summed E-state index contributed by atoms with van der Waals surface area (Å²) < 4.78 is 56.3. The third-order valence-corrected chi connectivity index (χ3v) is 2.97.